The van der Waals surface area contributed by atoms with Crippen LogP contribution in [0.25, 0.3) is 5.57 Å². The predicted molar refractivity (Wildman–Crippen MR) is 130 cm³/mol. The molecule has 168 valence electrons. The quantitative estimate of drug-likeness (QED) is 0.515. The van der Waals surface area contributed by atoms with Crippen LogP contribution in [0.4, 0.5) is 11.4 Å². The van der Waals surface area contributed by atoms with Crippen LogP contribution in [-0.2, 0) is 9.59 Å². The normalized spacial score (nSPS) is 13.5. The highest BCUT2D eigenvalue weighted by Crippen LogP contribution is 2.38. The predicted octanol–water partition coefficient (Wildman–Crippen LogP) is 5.11. The average Bonchev–Trinajstić information content (AvgIpc) is 3.05. The minimum absolute atomic E-state index is 0.225. The number of methoxy groups -OCH3 is 1. The molecule has 0 saturated heterocycles. The molecule has 1 aliphatic heterocycles. The lowest BCUT2D eigenvalue weighted by molar-refractivity contribution is -0.120. The molecule has 6 heteroatoms. The number of hydrogen-bond acceptors (Lipinski definition) is 5. The largest absolute Gasteiger partial charge is 0.497 e. The molecule has 0 spiro atoms. The van der Waals surface area contributed by atoms with Crippen molar-refractivity contribution in [3.05, 3.63) is 89.1 Å². The Bertz CT molecular complexity index is 1250. The molecule has 6 nitrogen and oxygen atoms in total. The molecule has 0 bridgehead atoms. The highest BCUT2D eigenvalue weighted by molar-refractivity contribution is 6.46. The molecule has 33 heavy (non-hydrogen) atoms. The van der Waals surface area contributed by atoms with Crippen molar-refractivity contribution in [2.45, 2.75) is 20.8 Å². The van der Waals surface area contributed by atoms with Crippen LogP contribution in [0.15, 0.2) is 72.4 Å². The first-order valence-corrected chi connectivity index (χ1v) is 10.8. The second-order valence-electron chi connectivity index (χ2n) is 7.77. The zero-order chi connectivity index (χ0) is 23.5. The van der Waals surface area contributed by atoms with E-state index >= 15 is 0 Å². The van der Waals surface area contributed by atoms with E-state index in [-0.39, 0.29) is 5.70 Å². The van der Waals surface area contributed by atoms with Crippen LogP contribution in [0, 0.1) is 13.8 Å². The summed E-state index contributed by atoms with van der Waals surface area (Å²) >= 11 is 0. The van der Waals surface area contributed by atoms with Crippen molar-refractivity contribution in [1.82, 2.24) is 0 Å². The average molecular weight is 443 g/mol. The number of aryl methyl sites for hydroxylation is 2. The topological polar surface area (TPSA) is 67.9 Å². The number of amides is 2. The fourth-order valence-corrected chi connectivity index (χ4v) is 3.90. The maximum absolute atomic E-state index is 13.7. The molecule has 0 aliphatic carbocycles. The van der Waals surface area contributed by atoms with E-state index in [0.717, 1.165) is 16.8 Å². The first-order valence-electron chi connectivity index (χ1n) is 10.8. The summed E-state index contributed by atoms with van der Waals surface area (Å²) in [5, 5.41) is 3.24. The van der Waals surface area contributed by atoms with Crippen molar-refractivity contribution in [3.63, 3.8) is 0 Å². The van der Waals surface area contributed by atoms with Crippen LogP contribution in [0.2, 0.25) is 0 Å². The van der Waals surface area contributed by atoms with Crippen LogP contribution >= 0.6 is 0 Å². The summed E-state index contributed by atoms with van der Waals surface area (Å²) < 4.78 is 11.0. The van der Waals surface area contributed by atoms with Gasteiger partial charge in [-0.2, -0.15) is 0 Å². The molecular formula is C27H26N2O4. The van der Waals surface area contributed by atoms with Crippen LogP contribution in [0.3, 0.4) is 0 Å². The Morgan fingerprint density at radius 1 is 0.909 bits per heavy atom. The lowest BCUT2D eigenvalue weighted by Crippen LogP contribution is -2.32. The molecule has 3 aromatic rings. The van der Waals surface area contributed by atoms with Gasteiger partial charge in [-0.25, -0.2) is 4.90 Å². The van der Waals surface area contributed by atoms with Gasteiger partial charge in [0.05, 0.1) is 25.0 Å². The summed E-state index contributed by atoms with van der Waals surface area (Å²) in [6.07, 6.45) is 0. The monoisotopic (exact) mass is 442 g/mol. The Labute approximate surface area is 193 Å². The summed E-state index contributed by atoms with van der Waals surface area (Å²) in [5.74, 6) is 0.296. The van der Waals surface area contributed by atoms with Crippen molar-refractivity contribution in [2.75, 3.05) is 23.9 Å². The van der Waals surface area contributed by atoms with Crippen LogP contribution in [0.1, 0.15) is 23.6 Å². The minimum Gasteiger partial charge on any atom is -0.497 e. The third-order valence-corrected chi connectivity index (χ3v) is 5.51. The summed E-state index contributed by atoms with van der Waals surface area (Å²) in [6, 6.07) is 20.1. The molecule has 0 radical (unpaired) electrons. The summed E-state index contributed by atoms with van der Waals surface area (Å²) in [5.41, 5.74) is 4.42. The van der Waals surface area contributed by atoms with Gasteiger partial charge in [-0.3, -0.25) is 9.59 Å². The number of nitrogens with one attached hydrogen (secondary N) is 1. The third kappa shape index (κ3) is 4.20. The zero-order valence-electron chi connectivity index (χ0n) is 19.1. The highest BCUT2D eigenvalue weighted by Gasteiger charge is 2.41. The van der Waals surface area contributed by atoms with Gasteiger partial charge in [0.25, 0.3) is 11.8 Å². The number of hydrogen-bond donors (Lipinski definition) is 1. The van der Waals surface area contributed by atoms with Gasteiger partial charge in [0, 0.05) is 5.69 Å². The third-order valence-electron chi connectivity index (χ3n) is 5.51. The van der Waals surface area contributed by atoms with Gasteiger partial charge < -0.3 is 14.8 Å². The SMILES string of the molecule is CCOc1ccccc1N1C(=O)C(Nc2ccc(C)cc2C)=C(c2ccc(OC)cc2)C1=O. The van der Waals surface area contributed by atoms with Gasteiger partial charge in [-0.1, -0.05) is 42.0 Å². The fourth-order valence-electron chi connectivity index (χ4n) is 3.90. The number of carbonyl (C=O) groups excluding carboxylic acids is 2. The Hall–Kier alpha value is -4.06. The summed E-state index contributed by atoms with van der Waals surface area (Å²) in [6.45, 7) is 6.25. The summed E-state index contributed by atoms with van der Waals surface area (Å²) in [4.78, 5) is 28.5. The molecule has 2 amide bonds. The smallest absolute Gasteiger partial charge is 0.282 e. The molecule has 1 aliphatic rings. The number of rotatable bonds is 7. The van der Waals surface area contributed by atoms with Gasteiger partial charge in [0.2, 0.25) is 0 Å². The fraction of sp³-hybridized carbons (Fsp3) is 0.185. The van der Waals surface area contributed by atoms with E-state index in [0.29, 0.717) is 34.9 Å². The lowest BCUT2D eigenvalue weighted by Gasteiger charge is -2.19. The number of benzene rings is 3. The second-order valence-corrected chi connectivity index (χ2v) is 7.77. The molecule has 1 heterocycles. The molecule has 0 saturated carbocycles. The van der Waals surface area contributed by atoms with Crippen LogP contribution in [0.5, 0.6) is 11.5 Å². The van der Waals surface area contributed by atoms with E-state index in [2.05, 4.69) is 5.32 Å². The summed E-state index contributed by atoms with van der Waals surface area (Å²) in [7, 11) is 1.58. The van der Waals surface area contributed by atoms with Gasteiger partial charge in [-0.15, -0.1) is 0 Å². The molecule has 4 rings (SSSR count). The van der Waals surface area contributed by atoms with Gasteiger partial charge in [0.15, 0.2) is 0 Å². The molecular weight excluding hydrogens is 416 g/mol. The molecule has 0 aromatic heterocycles. The maximum Gasteiger partial charge on any atom is 0.282 e. The Balaban J connectivity index is 1.84. The van der Waals surface area contributed by atoms with Gasteiger partial charge >= 0.3 is 0 Å². The maximum atomic E-state index is 13.7. The van der Waals surface area contributed by atoms with Crippen molar-refractivity contribution < 1.29 is 19.1 Å². The van der Waals surface area contributed by atoms with E-state index in [1.807, 2.05) is 45.0 Å². The van der Waals surface area contributed by atoms with Crippen LogP contribution < -0.4 is 19.7 Å². The molecule has 0 unspecified atom stereocenters. The Kier molecular flexibility index (Phi) is 6.18. The van der Waals surface area contributed by atoms with Gasteiger partial charge in [0.1, 0.15) is 17.2 Å². The second kappa shape index (κ2) is 9.20. The number of anilines is 2. The standard InChI is InChI=1S/C27H26N2O4/c1-5-33-23-9-7-6-8-22(23)29-26(30)24(19-11-13-20(32-4)14-12-19)25(27(29)31)28-21-15-10-17(2)16-18(21)3/h6-16,28H,5H2,1-4H3. The number of ether oxygens (including phenoxy) is 2. The lowest BCUT2D eigenvalue weighted by atomic mass is 10.0. The first kappa shape index (κ1) is 22.1. The minimum atomic E-state index is -0.432. The van der Waals surface area contributed by atoms with Crippen molar-refractivity contribution in [1.29, 1.82) is 0 Å². The zero-order valence-corrected chi connectivity index (χ0v) is 19.1. The molecule has 3 aromatic carbocycles. The molecule has 0 fully saturated rings. The van der Waals surface area contributed by atoms with Crippen molar-refractivity contribution in [2.24, 2.45) is 0 Å². The number of carbonyl (C=O) groups is 2. The van der Waals surface area contributed by atoms with E-state index < -0.39 is 11.8 Å². The first-order chi connectivity index (χ1) is 15.9. The van der Waals surface area contributed by atoms with Gasteiger partial charge in [-0.05, 0) is 62.2 Å². The van der Waals surface area contributed by atoms with E-state index in [9.17, 15) is 9.59 Å². The van der Waals surface area contributed by atoms with Crippen molar-refractivity contribution in [3.8, 4) is 11.5 Å². The number of para-hydroxylation sites is 2. The molecule has 0 atom stereocenters. The van der Waals surface area contributed by atoms with E-state index in [1.54, 1.807) is 49.6 Å². The van der Waals surface area contributed by atoms with Crippen LogP contribution in [-0.4, -0.2) is 25.5 Å². The molecule has 1 N–H and O–H groups in total. The van der Waals surface area contributed by atoms with E-state index in [4.69, 9.17) is 9.47 Å². The van der Waals surface area contributed by atoms with E-state index in [1.165, 1.54) is 4.90 Å². The Morgan fingerprint density at radius 2 is 1.64 bits per heavy atom. The highest BCUT2D eigenvalue weighted by atomic mass is 16.5. The Morgan fingerprint density at radius 3 is 2.30 bits per heavy atom. The number of imide groups is 1. The van der Waals surface area contributed by atoms with Crippen molar-refractivity contribution >= 4 is 28.8 Å². The number of nitrogens with zero attached hydrogens (tertiary/aromatic N) is 1.